The van der Waals surface area contributed by atoms with Gasteiger partial charge in [0.05, 0.1) is 12.1 Å². The Morgan fingerprint density at radius 3 is 2.44 bits per heavy atom. The molecule has 2 fully saturated rings. The van der Waals surface area contributed by atoms with Gasteiger partial charge in [0, 0.05) is 25.3 Å². The summed E-state index contributed by atoms with van der Waals surface area (Å²) >= 11 is 0. The van der Waals surface area contributed by atoms with Crippen LogP contribution in [0.4, 0.5) is 5.69 Å². The molecule has 142 valence electrons. The lowest BCUT2D eigenvalue weighted by Crippen LogP contribution is -2.59. The molecule has 1 N–H and O–H groups in total. The van der Waals surface area contributed by atoms with Crippen molar-refractivity contribution in [2.24, 2.45) is 0 Å². The minimum absolute atomic E-state index is 0.0359. The van der Waals surface area contributed by atoms with Crippen LogP contribution < -0.4 is 4.90 Å². The second kappa shape index (κ2) is 7.71. The first-order valence-corrected chi connectivity index (χ1v) is 9.64. The zero-order valence-electron chi connectivity index (χ0n) is 15.5. The summed E-state index contributed by atoms with van der Waals surface area (Å²) in [6.07, 6.45) is 2.68. The Morgan fingerprint density at radius 1 is 1.00 bits per heavy atom. The van der Waals surface area contributed by atoms with Crippen LogP contribution in [-0.4, -0.2) is 54.3 Å². The number of phenolic OH excluding ortho intramolecular Hbond substituents is 1. The summed E-state index contributed by atoms with van der Waals surface area (Å²) in [5.74, 6) is 0.410. The second-order valence-electron chi connectivity index (χ2n) is 7.51. The summed E-state index contributed by atoms with van der Waals surface area (Å²) in [5.41, 5.74) is 1.70. The monoisotopic (exact) mass is 366 g/mol. The van der Waals surface area contributed by atoms with Crippen molar-refractivity contribution in [3.8, 4) is 5.75 Å². The Hall–Kier alpha value is -2.37. The number of nitrogens with zero attached hydrogens (tertiary/aromatic N) is 2. The second-order valence-corrected chi connectivity index (χ2v) is 7.51. The van der Waals surface area contributed by atoms with E-state index in [9.17, 15) is 9.90 Å². The first-order valence-electron chi connectivity index (χ1n) is 9.64. The average molecular weight is 366 g/mol. The molecule has 2 saturated heterocycles. The maximum atomic E-state index is 12.3. The normalized spacial score (nSPS) is 20.1. The van der Waals surface area contributed by atoms with Crippen molar-refractivity contribution < 1.29 is 14.6 Å². The lowest BCUT2D eigenvalue weighted by Gasteiger charge is -2.47. The first kappa shape index (κ1) is 18.0. The maximum absolute atomic E-state index is 12.3. The molecule has 0 saturated carbocycles. The van der Waals surface area contributed by atoms with Gasteiger partial charge in [0.1, 0.15) is 12.4 Å². The summed E-state index contributed by atoms with van der Waals surface area (Å²) in [6, 6.07) is 17.4. The number of ether oxygens (including phenoxy) is 1. The van der Waals surface area contributed by atoms with E-state index in [1.54, 1.807) is 6.07 Å². The van der Waals surface area contributed by atoms with Crippen LogP contribution in [-0.2, 0) is 16.0 Å². The quantitative estimate of drug-likeness (QED) is 0.904. The molecular weight excluding hydrogens is 340 g/mol. The van der Waals surface area contributed by atoms with Crippen LogP contribution >= 0.6 is 0 Å². The van der Waals surface area contributed by atoms with E-state index in [1.807, 2.05) is 53.4 Å². The fraction of sp³-hybridized carbons (Fsp3) is 0.409. The van der Waals surface area contributed by atoms with Gasteiger partial charge in [-0.1, -0.05) is 36.4 Å². The Bertz CT molecular complexity index is 785. The third-order valence-corrected chi connectivity index (χ3v) is 5.77. The van der Waals surface area contributed by atoms with Crippen molar-refractivity contribution in [2.45, 2.75) is 24.9 Å². The van der Waals surface area contributed by atoms with E-state index in [2.05, 4.69) is 4.90 Å². The number of amides is 1. The maximum Gasteiger partial charge on any atom is 0.253 e. The number of rotatable bonds is 4. The number of hydrogen-bond acceptors (Lipinski definition) is 4. The largest absolute Gasteiger partial charge is 0.508 e. The van der Waals surface area contributed by atoms with Crippen LogP contribution in [0.3, 0.4) is 0 Å². The van der Waals surface area contributed by atoms with E-state index in [1.165, 1.54) is 0 Å². The summed E-state index contributed by atoms with van der Waals surface area (Å²) in [4.78, 5) is 16.6. The lowest BCUT2D eigenvalue weighted by atomic mass is 9.89. The van der Waals surface area contributed by atoms with Crippen molar-refractivity contribution in [3.63, 3.8) is 0 Å². The van der Waals surface area contributed by atoms with E-state index in [-0.39, 0.29) is 18.1 Å². The molecule has 0 bridgehead atoms. The molecule has 0 radical (unpaired) electrons. The molecule has 2 heterocycles. The molecule has 0 unspecified atom stereocenters. The van der Waals surface area contributed by atoms with Gasteiger partial charge in [0.15, 0.2) is 0 Å². The van der Waals surface area contributed by atoms with Crippen molar-refractivity contribution >= 4 is 11.6 Å². The van der Waals surface area contributed by atoms with Crippen LogP contribution in [0, 0.1) is 0 Å². The predicted octanol–water partition coefficient (Wildman–Crippen LogP) is 2.83. The van der Waals surface area contributed by atoms with Gasteiger partial charge in [-0.15, -0.1) is 0 Å². The minimum Gasteiger partial charge on any atom is -0.508 e. The SMILES string of the molecule is O=C1COC2(CCN(CCc3ccccc3O)CC2)CN1c1ccccc1. The van der Waals surface area contributed by atoms with Gasteiger partial charge in [-0.05, 0) is 43.0 Å². The smallest absolute Gasteiger partial charge is 0.253 e. The number of likely N-dealkylation sites (tertiary alicyclic amines) is 1. The van der Waals surface area contributed by atoms with Crippen molar-refractivity contribution in [3.05, 3.63) is 60.2 Å². The molecule has 2 aromatic carbocycles. The highest BCUT2D eigenvalue weighted by atomic mass is 16.5. The minimum atomic E-state index is -0.241. The van der Waals surface area contributed by atoms with Crippen LogP contribution in [0.15, 0.2) is 54.6 Å². The average Bonchev–Trinajstić information content (AvgIpc) is 2.71. The number of morpholine rings is 1. The molecule has 2 aromatic rings. The van der Waals surface area contributed by atoms with Gasteiger partial charge >= 0.3 is 0 Å². The number of piperidine rings is 1. The fourth-order valence-corrected chi connectivity index (χ4v) is 4.05. The van der Waals surface area contributed by atoms with Crippen molar-refractivity contribution in [1.82, 2.24) is 4.90 Å². The van der Waals surface area contributed by atoms with Gasteiger partial charge < -0.3 is 19.6 Å². The third kappa shape index (κ3) is 3.99. The van der Waals surface area contributed by atoms with Crippen molar-refractivity contribution in [1.29, 1.82) is 0 Å². The molecule has 0 atom stereocenters. The van der Waals surface area contributed by atoms with Gasteiger partial charge in [0.25, 0.3) is 5.91 Å². The number of hydrogen-bond donors (Lipinski definition) is 1. The molecule has 0 aromatic heterocycles. The van der Waals surface area contributed by atoms with E-state index in [4.69, 9.17) is 4.74 Å². The Balaban J connectivity index is 1.35. The molecule has 5 heteroatoms. The number of carbonyl (C=O) groups is 1. The predicted molar refractivity (Wildman–Crippen MR) is 105 cm³/mol. The molecule has 27 heavy (non-hydrogen) atoms. The topological polar surface area (TPSA) is 53.0 Å². The van der Waals surface area contributed by atoms with Crippen LogP contribution in [0.2, 0.25) is 0 Å². The van der Waals surface area contributed by atoms with Gasteiger partial charge in [-0.25, -0.2) is 0 Å². The molecular formula is C22H26N2O3. The highest BCUT2D eigenvalue weighted by molar-refractivity contribution is 5.95. The van der Waals surface area contributed by atoms with Crippen LogP contribution in [0.1, 0.15) is 18.4 Å². The number of benzene rings is 2. The van der Waals surface area contributed by atoms with E-state index >= 15 is 0 Å². The zero-order chi connectivity index (χ0) is 18.7. The third-order valence-electron chi connectivity index (χ3n) is 5.77. The lowest BCUT2D eigenvalue weighted by molar-refractivity contribution is -0.144. The van der Waals surface area contributed by atoms with E-state index in [0.29, 0.717) is 12.3 Å². The standard InChI is InChI=1S/C22H26N2O3/c25-20-9-5-4-6-18(20)10-13-23-14-11-22(12-15-23)17-24(21(26)16-27-22)19-7-2-1-3-8-19/h1-9,25H,10-17H2. The summed E-state index contributed by atoms with van der Waals surface area (Å²) in [5, 5.41) is 9.93. The van der Waals surface area contributed by atoms with E-state index < -0.39 is 0 Å². The van der Waals surface area contributed by atoms with Crippen LogP contribution in [0.5, 0.6) is 5.75 Å². The first-order chi connectivity index (χ1) is 13.2. The molecule has 1 spiro atoms. The highest BCUT2D eigenvalue weighted by Crippen LogP contribution is 2.32. The molecule has 4 rings (SSSR count). The number of carbonyl (C=O) groups excluding carboxylic acids is 1. The molecule has 0 aliphatic carbocycles. The van der Waals surface area contributed by atoms with Crippen LogP contribution in [0.25, 0.3) is 0 Å². The number of aromatic hydroxyl groups is 1. The molecule has 2 aliphatic rings. The zero-order valence-corrected chi connectivity index (χ0v) is 15.5. The number of para-hydroxylation sites is 2. The van der Waals surface area contributed by atoms with Gasteiger partial charge in [-0.3, -0.25) is 4.79 Å². The molecule has 5 nitrogen and oxygen atoms in total. The fourth-order valence-electron chi connectivity index (χ4n) is 4.05. The Labute approximate surface area is 160 Å². The molecule has 2 aliphatic heterocycles. The summed E-state index contributed by atoms with van der Waals surface area (Å²) in [6.45, 7) is 3.61. The summed E-state index contributed by atoms with van der Waals surface area (Å²) in [7, 11) is 0. The highest BCUT2D eigenvalue weighted by Gasteiger charge is 2.42. The Kier molecular flexibility index (Phi) is 5.14. The number of phenols is 1. The van der Waals surface area contributed by atoms with E-state index in [0.717, 1.165) is 50.1 Å². The summed E-state index contributed by atoms with van der Waals surface area (Å²) < 4.78 is 6.04. The van der Waals surface area contributed by atoms with Gasteiger partial charge in [-0.2, -0.15) is 0 Å². The van der Waals surface area contributed by atoms with Crippen molar-refractivity contribution in [2.75, 3.05) is 37.7 Å². The van der Waals surface area contributed by atoms with Gasteiger partial charge in [0.2, 0.25) is 0 Å². The number of anilines is 1. The molecule has 1 amide bonds. The Morgan fingerprint density at radius 2 is 1.70 bits per heavy atom.